The number of piperidine rings is 1. The van der Waals surface area contributed by atoms with Crippen LogP contribution in [0, 0.1) is 12.8 Å². The number of hydrogen-bond acceptors (Lipinski definition) is 6. The predicted molar refractivity (Wildman–Crippen MR) is 138 cm³/mol. The summed E-state index contributed by atoms with van der Waals surface area (Å²) in [5.74, 6) is -1.14. The van der Waals surface area contributed by atoms with Crippen molar-refractivity contribution in [2.75, 3.05) is 46.2 Å². The van der Waals surface area contributed by atoms with Gasteiger partial charge in [0.1, 0.15) is 12.4 Å². The number of hydrogen-bond donors (Lipinski definition) is 2. The van der Waals surface area contributed by atoms with E-state index in [4.69, 9.17) is 9.47 Å². The van der Waals surface area contributed by atoms with E-state index in [1.54, 1.807) is 21.2 Å². The molecule has 198 valence electrons. The Morgan fingerprint density at radius 1 is 1.25 bits per heavy atom. The zero-order chi connectivity index (χ0) is 26.4. The summed E-state index contributed by atoms with van der Waals surface area (Å²) < 4.78 is 11.0. The van der Waals surface area contributed by atoms with Crippen molar-refractivity contribution in [2.24, 2.45) is 5.92 Å². The first-order valence-electron chi connectivity index (χ1n) is 12.6. The molecule has 0 aliphatic carbocycles. The quantitative estimate of drug-likeness (QED) is 0.365. The van der Waals surface area contributed by atoms with Crippen molar-refractivity contribution in [2.45, 2.75) is 59.0 Å². The van der Waals surface area contributed by atoms with Gasteiger partial charge in [-0.1, -0.05) is 18.1 Å². The number of carboxylic acid groups (broad SMARTS) is 1. The highest BCUT2D eigenvalue weighted by atomic mass is 16.5. The number of carboxylic acids is 1. The van der Waals surface area contributed by atoms with Gasteiger partial charge in [0.25, 0.3) is 0 Å². The maximum atomic E-state index is 12.6. The fourth-order valence-electron chi connectivity index (χ4n) is 4.99. The third-order valence-corrected chi connectivity index (χ3v) is 7.13. The summed E-state index contributed by atoms with van der Waals surface area (Å²) in [5, 5.41) is 12.7. The number of urea groups is 1. The molecule has 0 spiro atoms. The van der Waals surface area contributed by atoms with Gasteiger partial charge in [0, 0.05) is 25.2 Å². The Kier molecular flexibility index (Phi) is 9.37. The van der Waals surface area contributed by atoms with Gasteiger partial charge in [0.15, 0.2) is 0 Å². The zero-order valence-corrected chi connectivity index (χ0v) is 22.1. The van der Waals surface area contributed by atoms with Crippen LogP contribution in [0.15, 0.2) is 11.6 Å². The first-order chi connectivity index (χ1) is 17.1. The maximum absolute atomic E-state index is 12.6. The third-order valence-electron chi connectivity index (χ3n) is 7.13. The summed E-state index contributed by atoms with van der Waals surface area (Å²) in [4.78, 5) is 40.9. The minimum atomic E-state index is -0.785. The van der Waals surface area contributed by atoms with Crippen LogP contribution in [-0.4, -0.2) is 73.7 Å². The van der Waals surface area contributed by atoms with Gasteiger partial charge in [-0.3, -0.25) is 4.79 Å². The Labute approximate surface area is 213 Å². The summed E-state index contributed by atoms with van der Waals surface area (Å²) in [5.41, 5.74) is 3.86. The van der Waals surface area contributed by atoms with Crippen LogP contribution in [0.25, 0.3) is 0 Å². The lowest BCUT2D eigenvalue weighted by atomic mass is 9.92. The van der Waals surface area contributed by atoms with Gasteiger partial charge in [-0.05, 0) is 71.1 Å². The average molecular weight is 502 g/mol. The van der Waals surface area contributed by atoms with Crippen molar-refractivity contribution < 1.29 is 29.0 Å². The number of methoxy groups -OCH3 is 1. The van der Waals surface area contributed by atoms with Crippen molar-refractivity contribution in [3.05, 3.63) is 33.9 Å². The van der Waals surface area contributed by atoms with Crippen LogP contribution in [-0.2, 0) is 22.6 Å². The molecule has 1 fully saturated rings. The monoisotopic (exact) mass is 501 g/mol. The number of nitrogens with zero attached hydrogens (tertiary/aromatic N) is 2. The Balaban J connectivity index is 1.85. The van der Waals surface area contributed by atoms with Gasteiger partial charge < -0.3 is 29.7 Å². The fourth-order valence-corrected chi connectivity index (χ4v) is 4.99. The number of benzene rings is 1. The number of fused-ring (bicyclic) bond motifs is 1. The van der Waals surface area contributed by atoms with E-state index in [0.29, 0.717) is 47.4 Å². The molecule has 2 aliphatic rings. The second-order valence-corrected chi connectivity index (χ2v) is 9.95. The van der Waals surface area contributed by atoms with Crippen molar-refractivity contribution in [3.8, 4) is 5.75 Å². The largest absolute Gasteiger partial charge is 0.496 e. The normalized spacial score (nSPS) is 16.8. The molecule has 3 rings (SSSR count). The van der Waals surface area contributed by atoms with Crippen molar-refractivity contribution in [1.82, 2.24) is 9.80 Å². The Hall–Kier alpha value is -3.07. The predicted octanol–water partition coefficient (Wildman–Crippen LogP) is 4.22. The van der Waals surface area contributed by atoms with Gasteiger partial charge in [-0.25, -0.2) is 9.59 Å². The number of amides is 2. The number of cyclic esters (lactones) is 1. The Morgan fingerprint density at radius 2 is 1.94 bits per heavy atom. The van der Waals surface area contributed by atoms with E-state index in [0.717, 1.165) is 30.8 Å². The van der Waals surface area contributed by atoms with Crippen LogP contribution in [0.5, 0.6) is 5.75 Å². The molecule has 36 heavy (non-hydrogen) atoms. The van der Waals surface area contributed by atoms with Gasteiger partial charge in [0.2, 0.25) is 0 Å². The highest BCUT2D eigenvalue weighted by Crippen LogP contribution is 2.41. The van der Waals surface area contributed by atoms with E-state index in [1.165, 1.54) is 24.2 Å². The summed E-state index contributed by atoms with van der Waals surface area (Å²) in [6.45, 7) is 6.82. The molecule has 1 atom stereocenters. The van der Waals surface area contributed by atoms with Gasteiger partial charge >= 0.3 is 18.0 Å². The Bertz CT molecular complexity index is 1030. The lowest BCUT2D eigenvalue weighted by Crippen LogP contribution is -2.32. The highest BCUT2D eigenvalue weighted by molar-refractivity contribution is 6.05. The molecular formula is C27H39N3O6. The minimum absolute atomic E-state index is 0.133. The molecule has 9 heteroatoms. The van der Waals surface area contributed by atoms with E-state index in [-0.39, 0.29) is 12.6 Å². The lowest BCUT2D eigenvalue weighted by molar-refractivity contribution is -0.142. The SMILES string of the molecule is COc1c(C)c2c(c(NC(=O)N(C)C)c1C/C=C(\C)CC(CCN1CCCCC1)C(=O)O)C(=O)OC2. The molecule has 2 heterocycles. The van der Waals surface area contributed by atoms with Crippen LogP contribution < -0.4 is 10.1 Å². The number of nitrogens with one attached hydrogen (secondary N) is 1. The molecule has 9 nitrogen and oxygen atoms in total. The molecule has 1 aromatic rings. The molecule has 1 saturated heterocycles. The number of ether oxygens (including phenoxy) is 2. The summed E-state index contributed by atoms with van der Waals surface area (Å²) in [7, 11) is 4.81. The zero-order valence-electron chi connectivity index (χ0n) is 22.1. The molecule has 0 saturated carbocycles. The first kappa shape index (κ1) is 27.5. The van der Waals surface area contributed by atoms with Crippen LogP contribution in [0.3, 0.4) is 0 Å². The number of carbonyl (C=O) groups excluding carboxylic acids is 2. The molecule has 1 aromatic carbocycles. The highest BCUT2D eigenvalue weighted by Gasteiger charge is 2.33. The molecular weight excluding hydrogens is 462 g/mol. The van der Waals surface area contributed by atoms with Crippen molar-refractivity contribution >= 4 is 23.7 Å². The van der Waals surface area contributed by atoms with Crippen molar-refractivity contribution in [3.63, 3.8) is 0 Å². The van der Waals surface area contributed by atoms with Crippen LogP contribution >= 0.6 is 0 Å². The third kappa shape index (κ3) is 6.37. The molecule has 2 aliphatic heterocycles. The average Bonchev–Trinajstić information content (AvgIpc) is 3.24. The number of likely N-dealkylation sites (tertiary alicyclic amines) is 1. The second kappa shape index (κ2) is 12.3. The van der Waals surface area contributed by atoms with E-state index >= 15 is 0 Å². The second-order valence-electron chi connectivity index (χ2n) is 9.95. The number of esters is 1. The molecule has 0 bridgehead atoms. The smallest absolute Gasteiger partial charge is 0.341 e. The van der Waals surface area contributed by atoms with E-state index in [9.17, 15) is 19.5 Å². The number of rotatable bonds is 10. The molecule has 0 radical (unpaired) electrons. The van der Waals surface area contributed by atoms with Crippen LogP contribution in [0.4, 0.5) is 10.5 Å². The molecule has 0 aromatic heterocycles. The number of carbonyl (C=O) groups is 3. The van der Waals surface area contributed by atoms with Gasteiger partial charge in [0.05, 0.1) is 24.3 Å². The summed E-state index contributed by atoms with van der Waals surface area (Å²) in [6.07, 6.45) is 7.00. The van der Waals surface area contributed by atoms with E-state index < -0.39 is 17.9 Å². The standard InChI is InChI=1S/C27H39N3O6/c1-17(15-19(25(31)32)11-14-30-12-7-6-8-13-30)9-10-20-23(28-27(34)29(3)4)22-21(16-36-26(22)33)18(2)24(20)35-5/h9,19H,6-8,10-16H2,1-5H3,(H,28,34)(H,31,32)/b17-9+. The number of allylic oxidation sites excluding steroid dienone is 2. The topological polar surface area (TPSA) is 108 Å². The molecule has 2 N–H and O–H groups in total. The first-order valence-corrected chi connectivity index (χ1v) is 12.6. The minimum Gasteiger partial charge on any atom is -0.496 e. The van der Waals surface area contributed by atoms with Crippen LogP contribution in [0.1, 0.15) is 66.1 Å². The summed E-state index contributed by atoms with van der Waals surface area (Å²) in [6, 6.07) is -0.367. The van der Waals surface area contributed by atoms with Crippen LogP contribution in [0.2, 0.25) is 0 Å². The fraction of sp³-hybridized carbons (Fsp3) is 0.593. The lowest BCUT2D eigenvalue weighted by Gasteiger charge is -2.27. The number of anilines is 1. The molecule has 2 amide bonds. The summed E-state index contributed by atoms with van der Waals surface area (Å²) >= 11 is 0. The van der Waals surface area contributed by atoms with Crippen molar-refractivity contribution in [1.29, 1.82) is 0 Å². The molecule has 1 unspecified atom stereocenters. The Morgan fingerprint density at radius 3 is 2.56 bits per heavy atom. The van der Waals surface area contributed by atoms with E-state index in [2.05, 4.69) is 10.2 Å². The van der Waals surface area contributed by atoms with Gasteiger partial charge in [-0.15, -0.1) is 0 Å². The van der Waals surface area contributed by atoms with Gasteiger partial charge in [-0.2, -0.15) is 0 Å². The van der Waals surface area contributed by atoms with E-state index in [1.807, 2.05) is 19.9 Å². The number of aliphatic carboxylic acids is 1. The maximum Gasteiger partial charge on any atom is 0.341 e.